The third-order valence-electron chi connectivity index (χ3n) is 7.17. The molecule has 0 aliphatic heterocycles. The van der Waals surface area contributed by atoms with Crippen LogP contribution in [0.4, 0.5) is 52.7 Å². The number of alkyl halides is 12. The Hall–Kier alpha value is -3.88. The Labute approximate surface area is 268 Å². The van der Waals surface area contributed by atoms with Crippen LogP contribution < -0.4 is 31.8 Å². The fourth-order valence-electron chi connectivity index (χ4n) is 4.89. The van der Waals surface area contributed by atoms with E-state index in [9.17, 15) is 52.7 Å². The van der Waals surface area contributed by atoms with E-state index in [4.69, 9.17) is 0 Å². The third-order valence-corrected chi connectivity index (χ3v) is 12.4. The standard InChI is InChI=1S/C34H20F12P2/c35-31(36,37)21-5-13-25(14-6-21)47(26-15-7-22(8-16-26)32(38,39)40)29-3-1-2-4-30(29)48(27-17-9-23(10-18-27)33(41,42)43)28-19-11-24(12-20-28)34(44,45)46/h1-20H. The molecule has 5 rings (SSSR count). The Morgan fingerprint density at radius 2 is 0.458 bits per heavy atom. The highest BCUT2D eigenvalue weighted by atomic mass is 31.1. The number of benzene rings is 5. The Bertz CT molecular complexity index is 1580. The maximum atomic E-state index is 13.4. The zero-order valence-corrected chi connectivity index (χ0v) is 25.8. The lowest BCUT2D eigenvalue weighted by molar-refractivity contribution is -0.138. The van der Waals surface area contributed by atoms with Gasteiger partial charge in [-0.1, -0.05) is 72.8 Å². The van der Waals surface area contributed by atoms with Crippen LogP contribution in [0.15, 0.2) is 121 Å². The quantitative estimate of drug-likeness (QED) is 0.121. The summed E-state index contributed by atoms with van der Waals surface area (Å²) in [6, 6.07) is 22.8. The van der Waals surface area contributed by atoms with E-state index in [0.29, 0.717) is 31.8 Å². The third kappa shape index (κ3) is 7.87. The summed E-state index contributed by atoms with van der Waals surface area (Å²) >= 11 is 0. The van der Waals surface area contributed by atoms with Crippen molar-refractivity contribution in [2.75, 3.05) is 0 Å². The lowest BCUT2D eigenvalue weighted by atomic mass is 10.2. The average molecular weight is 718 g/mol. The second-order valence-corrected chi connectivity index (χ2v) is 14.7. The van der Waals surface area contributed by atoms with Crippen LogP contribution in [0.3, 0.4) is 0 Å². The van der Waals surface area contributed by atoms with Gasteiger partial charge in [-0.3, -0.25) is 0 Å². The first kappa shape index (κ1) is 35.4. The van der Waals surface area contributed by atoms with Gasteiger partial charge in [-0.05, 0) is 96.2 Å². The van der Waals surface area contributed by atoms with E-state index in [1.165, 1.54) is 48.5 Å². The van der Waals surface area contributed by atoms with Crippen molar-refractivity contribution in [3.8, 4) is 0 Å². The van der Waals surface area contributed by atoms with E-state index >= 15 is 0 Å². The molecule has 0 aromatic heterocycles. The number of hydrogen-bond donors (Lipinski definition) is 0. The van der Waals surface area contributed by atoms with Gasteiger partial charge in [0.1, 0.15) is 0 Å². The van der Waals surface area contributed by atoms with Crippen LogP contribution in [-0.4, -0.2) is 0 Å². The Morgan fingerprint density at radius 3 is 0.625 bits per heavy atom. The molecule has 0 N–H and O–H groups in total. The van der Waals surface area contributed by atoms with Gasteiger partial charge in [0.2, 0.25) is 0 Å². The zero-order chi connectivity index (χ0) is 35.1. The molecule has 0 unspecified atom stereocenters. The Balaban J connectivity index is 1.74. The van der Waals surface area contributed by atoms with Crippen molar-refractivity contribution in [1.82, 2.24) is 0 Å². The van der Waals surface area contributed by atoms with E-state index < -0.39 is 62.8 Å². The SMILES string of the molecule is FC(F)(F)c1ccc(P(c2ccc(C(F)(F)F)cc2)c2ccccc2P(c2ccc(C(F)(F)F)cc2)c2ccc(C(F)(F)F)cc2)cc1. The maximum absolute atomic E-state index is 13.4. The summed E-state index contributed by atoms with van der Waals surface area (Å²) in [6.07, 6.45) is -18.7. The van der Waals surface area contributed by atoms with Crippen LogP contribution in [0, 0.1) is 0 Å². The molecule has 0 bridgehead atoms. The predicted octanol–water partition coefficient (Wildman–Crippen LogP) is 9.28. The van der Waals surface area contributed by atoms with Crippen molar-refractivity contribution in [2.24, 2.45) is 0 Å². The summed E-state index contributed by atoms with van der Waals surface area (Å²) in [4.78, 5) is 0. The number of halogens is 12. The smallest absolute Gasteiger partial charge is 0.166 e. The number of rotatable bonds is 6. The van der Waals surface area contributed by atoms with Gasteiger partial charge in [0.05, 0.1) is 22.3 Å². The predicted molar refractivity (Wildman–Crippen MR) is 164 cm³/mol. The first-order valence-electron chi connectivity index (χ1n) is 13.7. The van der Waals surface area contributed by atoms with E-state index in [0.717, 1.165) is 48.5 Å². The largest absolute Gasteiger partial charge is 0.416 e. The molecule has 0 heterocycles. The molecule has 14 heteroatoms. The van der Waals surface area contributed by atoms with Gasteiger partial charge in [0, 0.05) is 0 Å². The second-order valence-electron chi connectivity index (χ2n) is 10.3. The molecule has 0 aliphatic rings. The van der Waals surface area contributed by atoms with Gasteiger partial charge in [-0.25, -0.2) is 0 Å². The molecule has 0 fully saturated rings. The van der Waals surface area contributed by atoms with Crippen LogP contribution in [-0.2, 0) is 24.7 Å². The van der Waals surface area contributed by atoms with Gasteiger partial charge in [-0.2, -0.15) is 52.7 Å². The summed E-state index contributed by atoms with van der Waals surface area (Å²) < 4.78 is 161. The monoisotopic (exact) mass is 718 g/mol. The molecular weight excluding hydrogens is 698 g/mol. The summed E-state index contributed by atoms with van der Waals surface area (Å²) in [5.74, 6) is 0. The molecule has 0 spiro atoms. The first-order chi connectivity index (χ1) is 22.3. The van der Waals surface area contributed by atoms with Gasteiger partial charge in [0.25, 0.3) is 0 Å². The molecular formula is C34H20F12P2. The summed E-state index contributed by atoms with van der Waals surface area (Å²) in [7, 11) is -3.81. The molecule has 5 aromatic rings. The van der Waals surface area contributed by atoms with E-state index in [-0.39, 0.29) is 0 Å². The van der Waals surface area contributed by atoms with Crippen molar-refractivity contribution in [2.45, 2.75) is 24.7 Å². The van der Waals surface area contributed by atoms with Crippen LogP contribution in [0.2, 0.25) is 0 Å². The summed E-state index contributed by atoms with van der Waals surface area (Å²) in [5.41, 5.74) is -3.84. The minimum atomic E-state index is -4.67. The summed E-state index contributed by atoms with van der Waals surface area (Å²) in [6.45, 7) is 0. The highest BCUT2D eigenvalue weighted by Gasteiger charge is 2.35. The van der Waals surface area contributed by atoms with Crippen LogP contribution >= 0.6 is 15.8 Å². The molecule has 5 aromatic carbocycles. The fourth-order valence-corrected chi connectivity index (χ4v) is 10.1. The van der Waals surface area contributed by atoms with Crippen LogP contribution in [0.1, 0.15) is 22.3 Å². The molecule has 0 saturated heterocycles. The Kier molecular flexibility index (Phi) is 9.74. The molecule has 48 heavy (non-hydrogen) atoms. The van der Waals surface area contributed by atoms with Crippen LogP contribution in [0.5, 0.6) is 0 Å². The van der Waals surface area contributed by atoms with Crippen molar-refractivity contribution in [3.63, 3.8) is 0 Å². The minimum absolute atomic E-state index is 0.319. The first-order valence-corrected chi connectivity index (χ1v) is 16.4. The van der Waals surface area contributed by atoms with Gasteiger partial charge < -0.3 is 0 Å². The van der Waals surface area contributed by atoms with E-state index in [1.807, 2.05) is 0 Å². The molecule has 0 radical (unpaired) electrons. The molecule has 0 nitrogen and oxygen atoms in total. The van der Waals surface area contributed by atoms with Crippen LogP contribution in [0.25, 0.3) is 0 Å². The molecule has 0 aliphatic carbocycles. The second kappa shape index (κ2) is 13.2. The van der Waals surface area contributed by atoms with Crippen molar-refractivity contribution < 1.29 is 52.7 Å². The highest BCUT2D eigenvalue weighted by molar-refractivity contribution is 7.85. The molecule has 0 saturated carbocycles. The van der Waals surface area contributed by atoms with Gasteiger partial charge >= 0.3 is 24.7 Å². The van der Waals surface area contributed by atoms with Crippen molar-refractivity contribution in [1.29, 1.82) is 0 Å². The molecule has 250 valence electrons. The van der Waals surface area contributed by atoms with Gasteiger partial charge in [-0.15, -0.1) is 0 Å². The lowest BCUT2D eigenvalue weighted by Crippen LogP contribution is -2.34. The zero-order valence-electron chi connectivity index (χ0n) is 24.0. The summed E-state index contributed by atoms with van der Waals surface area (Å²) in [5, 5.41) is 2.16. The number of hydrogen-bond acceptors (Lipinski definition) is 0. The van der Waals surface area contributed by atoms with Crippen molar-refractivity contribution in [3.05, 3.63) is 144 Å². The fraction of sp³-hybridized carbons (Fsp3) is 0.118. The van der Waals surface area contributed by atoms with E-state index in [1.54, 1.807) is 24.3 Å². The molecule has 0 amide bonds. The average Bonchev–Trinajstić information content (AvgIpc) is 3.01. The minimum Gasteiger partial charge on any atom is -0.166 e. The Morgan fingerprint density at radius 1 is 0.271 bits per heavy atom. The maximum Gasteiger partial charge on any atom is 0.416 e. The van der Waals surface area contributed by atoms with E-state index in [2.05, 4.69) is 0 Å². The molecule has 0 atom stereocenters. The normalized spacial score (nSPS) is 13.0. The highest BCUT2D eigenvalue weighted by Crippen LogP contribution is 2.41. The lowest BCUT2D eigenvalue weighted by Gasteiger charge is -2.28. The topological polar surface area (TPSA) is 0 Å². The van der Waals surface area contributed by atoms with Crippen molar-refractivity contribution >= 4 is 47.7 Å². The van der Waals surface area contributed by atoms with Gasteiger partial charge in [0.15, 0.2) is 0 Å².